The van der Waals surface area contributed by atoms with Crippen LogP contribution in [-0.4, -0.2) is 51.7 Å². The molecule has 1 aliphatic carbocycles. The molecule has 2 aliphatic rings. The van der Waals surface area contributed by atoms with Gasteiger partial charge in [0.25, 0.3) is 0 Å². The molecular weight excluding hydrogens is 355 g/mol. The van der Waals surface area contributed by atoms with Crippen molar-refractivity contribution in [3.05, 3.63) is 0 Å². The second kappa shape index (κ2) is 7.43. The molecule has 1 aromatic rings. The van der Waals surface area contributed by atoms with Crippen LogP contribution >= 0.6 is 11.8 Å². The Labute approximate surface area is 148 Å². The molecule has 25 heavy (non-hydrogen) atoms. The van der Waals surface area contributed by atoms with E-state index in [2.05, 4.69) is 19.7 Å². The number of thioether (sulfide) groups is 1. The molecule has 6 nitrogen and oxygen atoms in total. The second-order valence-corrected chi connectivity index (χ2v) is 7.83. The number of nitrogens with zero attached hydrogens (tertiary/aromatic N) is 4. The highest BCUT2D eigenvalue weighted by Gasteiger charge is 2.34. The minimum absolute atomic E-state index is 0.333. The first kappa shape index (κ1) is 18.3. The third-order valence-electron chi connectivity index (χ3n) is 4.31. The predicted molar refractivity (Wildman–Crippen MR) is 88.7 cm³/mol. The number of piperidine rings is 1. The third-order valence-corrected chi connectivity index (χ3v) is 5.37. The van der Waals surface area contributed by atoms with E-state index in [0.717, 1.165) is 44.7 Å². The third kappa shape index (κ3) is 4.80. The fourth-order valence-corrected chi connectivity index (χ4v) is 3.79. The number of carbonyl (C=O) groups is 1. The van der Waals surface area contributed by atoms with Gasteiger partial charge in [-0.25, -0.2) is 0 Å². The Morgan fingerprint density at radius 1 is 1.28 bits per heavy atom. The van der Waals surface area contributed by atoms with E-state index in [1.165, 1.54) is 18.2 Å². The largest absolute Gasteiger partial charge is 0.405 e. The Hall–Kier alpha value is -1.45. The van der Waals surface area contributed by atoms with Crippen LogP contribution in [0.5, 0.6) is 0 Å². The van der Waals surface area contributed by atoms with Crippen LogP contribution < -0.4 is 10.2 Å². The van der Waals surface area contributed by atoms with E-state index >= 15 is 0 Å². The quantitative estimate of drug-likeness (QED) is 0.773. The molecule has 1 saturated carbocycles. The van der Waals surface area contributed by atoms with Crippen LogP contribution in [0.4, 0.5) is 19.1 Å². The molecule has 0 radical (unpaired) electrons. The molecule has 10 heteroatoms. The summed E-state index contributed by atoms with van der Waals surface area (Å²) in [4.78, 5) is 14.1. The number of rotatable bonds is 6. The van der Waals surface area contributed by atoms with E-state index in [-0.39, 0.29) is 0 Å². The number of hydrogen-bond acceptors (Lipinski definition) is 5. The van der Waals surface area contributed by atoms with Crippen LogP contribution in [0.2, 0.25) is 0 Å². The molecule has 1 aliphatic heterocycles. The molecule has 1 unspecified atom stereocenters. The molecule has 0 aromatic carbocycles. The molecule has 1 aromatic heterocycles. The summed E-state index contributed by atoms with van der Waals surface area (Å²) in [6.07, 6.45) is 1.14. The van der Waals surface area contributed by atoms with Gasteiger partial charge in [0.1, 0.15) is 6.54 Å². The van der Waals surface area contributed by atoms with Crippen LogP contribution in [0.1, 0.15) is 45.1 Å². The maximum Gasteiger partial charge on any atom is 0.405 e. The summed E-state index contributed by atoms with van der Waals surface area (Å²) in [6, 6.07) is 0.333. The lowest BCUT2D eigenvalue weighted by atomic mass is 10.1. The summed E-state index contributed by atoms with van der Waals surface area (Å²) in [6.45, 7) is 2.15. The van der Waals surface area contributed by atoms with Gasteiger partial charge in [-0.1, -0.05) is 11.8 Å². The molecule has 1 saturated heterocycles. The summed E-state index contributed by atoms with van der Waals surface area (Å²) in [5.74, 6) is 0.180. The van der Waals surface area contributed by atoms with Crippen molar-refractivity contribution >= 4 is 23.6 Å². The van der Waals surface area contributed by atoms with Crippen molar-refractivity contribution in [1.82, 2.24) is 20.1 Å². The Bertz CT molecular complexity index is 611. The van der Waals surface area contributed by atoms with Crippen molar-refractivity contribution in [3.8, 4) is 0 Å². The van der Waals surface area contributed by atoms with Gasteiger partial charge in [-0.05, 0) is 39.0 Å². The first-order valence-corrected chi connectivity index (χ1v) is 9.44. The van der Waals surface area contributed by atoms with Crippen molar-refractivity contribution in [3.63, 3.8) is 0 Å². The Balaban J connectivity index is 1.67. The summed E-state index contributed by atoms with van der Waals surface area (Å²) >= 11 is 1.17. The fourth-order valence-electron chi connectivity index (χ4n) is 2.85. The highest BCUT2D eigenvalue weighted by Crippen LogP contribution is 2.42. The maximum absolute atomic E-state index is 12.2. The average molecular weight is 377 g/mol. The SMILES string of the molecule is CC(Sc1nnc(N2CCCCC2)n1C1CC1)C(=O)NCC(F)(F)F. The highest BCUT2D eigenvalue weighted by molar-refractivity contribution is 8.00. The van der Waals surface area contributed by atoms with Gasteiger partial charge in [0.05, 0.1) is 5.25 Å². The van der Waals surface area contributed by atoms with Crippen molar-refractivity contribution in [2.24, 2.45) is 0 Å². The number of nitrogens with one attached hydrogen (secondary N) is 1. The fraction of sp³-hybridized carbons (Fsp3) is 0.800. The van der Waals surface area contributed by atoms with Gasteiger partial charge >= 0.3 is 6.18 Å². The molecule has 1 atom stereocenters. The van der Waals surface area contributed by atoms with Gasteiger partial charge in [-0.3, -0.25) is 9.36 Å². The predicted octanol–water partition coefficient (Wildman–Crippen LogP) is 2.76. The van der Waals surface area contributed by atoms with Gasteiger partial charge < -0.3 is 10.2 Å². The number of carbonyl (C=O) groups excluding carboxylic acids is 1. The van der Waals surface area contributed by atoms with Crippen LogP contribution in [0.25, 0.3) is 0 Å². The molecule has 2 fully saturated rings. The molecule has 0 spiro atoms. The van der Waals surface area contributed by atoms with Crippen molar-refractivity contribution in [2.75, 3.05) is 24.5 Å². The lowest BCUT2D eigenvalue weighted by Crippen LogP contribution is -2.38. The minimum atomic E-state index is -4.41. The van der Waals surface area contributed by atoms with E-state index < -0.39 is 23.9 Å². The Morgan fingerprint density at radius 2 is 1.96 bits per heavy atom. The van der Waals surface area contributed by atoms with E-state index in [1.54, 1.807) is 6.92 Å². The Morgan fingerprint density at radius 3 is 2.56 bits per heavy atom. The smallest absolute Gasteiger partial charge is 0.346 e. The maximum atomic E-state index is 12.2. The van der Waals surface area contributed by atoms with E-state index in [9.17, 15) is 18.0 Å². The molecule has 2 heterocycles. The van der Waals surface area contributed by atoms with Crippen LogP contribution in [-0.2, 0) is 4.79 Å². The van der Waals surface area contributed by atoms with Crippen molar-refractivity contribution < 1.29 is 18.0 Å². The summed E-state index contributed by atoms with van der Waals surface area (Å²) < 4.78 is 38.8. The number of aromatic nitrogens is 3. The summed E-state index contributed by atoms with van der Waals surface area (Å²) in [7, 11) is 0. The van der Waals surface area contributed by atoms with Gasteiger partial charge in [-0.15, -0.1) is 10.2 Å². The molecule has 140 valence electrons. The van der Waals surface area contributed by atoms with Gasteiger partial charge in [-0.2, -0.15) is 13.2 Å². The number of amides is 1. The van der Waals surface area contributed by atoms with Crippen molar-refractivity contribution in [1.29, 1.82) is 0 Å². The molecular formula is C15H22F3N5OS. The normalized spacial score (nSPS) is 19.8. The number of anilines is 1. The lowest BCUT2D eigenvalue weighted by Gasteiger charge is -2.28. The Kier molecular flexibility index (Phi) is 5.45. The summed E-state index contributed by atoms with van der Waals surface area (Å²) in [5.41, 5.74) is 0. The topological polar surface area (TPSA) is 63.1 Å². The molecule has 0 bridgehead atoms. The minimum Gasteiger partial charge on any atom is -0.346 e. The number of hydrogen-bond donors (Lipinski definition) is 1. The zero-order valence-corrected chi connectivity index (χ0v) is 14.9. The highest BCUT2D eigenvalue weighted by atomic mass is 32.2. The van der Waals surface area contributed by atoms with Crippen LogP contribution in [0.15, 0.2) is 5.16 Å². The van der Waals surface area contributed by atoms with Gasteiger partial charge in [0, 0.05) is 19.1 Å². The van der Waals surface area contributed by atoms with E-state index in [1.807, 2.05) is 5.32 Å². The molecule has 1 N–H and O–H groups in total. The van der Waals surface area contributed by atoms with Gasteiger partial charge in [0.15, 0.2) is 5.16 Å². The van der Waals surface area contributed by atoms with Crippen LogP contribution in [0.3, 0.4) is 0 Å². The van der Waals surface area contributed by atoms with E-state index in [0.29, 0.717) is 11.2 Å². The van der Waals surface area contributed by atoms with Crippen molar-refractivity contribution in [2.45, 2.75) is 61.7 Å². The monoisotopic (exact) mass is 377 g/mol. The molecule has 3 rings (SSSR count). The van der Waals surface area contributed by atoms with E-state index in [4.69, 9.17) is 0 Å². The zero-order chi connectivity index (χ0) is 18.0. The van der Waals surface area contributed by atoms with Crippen LogP contribution in [0, 0.1) is 0 Å². The number of alkyl halides is 3. The van der Waals surface area contributed by atoms with Gasteiger partial charge in [0.2, 0.25) is 11.9 Å². The first-order valence-electron chi connectivity index (χ1n) is 8.56. The first-order chi connectivity index (χ1) is 11.8. The number of halogens is 3. The lowest BCUT2D eigenvalue weighted by molar-refractivity contribution is -0.137. The average Bonchev–Trinajstić information content (AvgIpc) is 3.33. The molecule has 1 amide bonds. The second-order valence-electron chi connectivity index (χ2n) is 6.52. The summed E-state index contributed by atoms with van der Waals surface area (Å²) in [5, 5.41) is 10.4. The zero-order valence-electron chi connectivity index (χ0n) is 14.1. The standard InChI is InChI=1S/C15H22F3N5OS/c1-10(12(24)19-9-15(16,17)18)25-14-21-20-13(23(14)11-5-6-11)22-7-3-2-4-8-22/h10-11H,2-9H2,1H3,(H,19,24).